The Balaban J connectivity index is 1.13. The lowest BCUT2D eigenvalue weighted by Crippen LogP contribution is -2.49. The molecule has 0 radical (unpaired) electrons. The van der Waals surface area contributed by atoms with E-state index in [0.29, 0.717) is 48.1 Å². The van der Waals surface area contributed by atoms with Gasteiger partial charge in [0.15, 0.2) is 0 Å². The minimum Gasteiger partial charge on any atom is -0.477 e. The third-order valence-corrected chi connectivity index (χ3v) is 10.0. The third kappa shape index (κ3) is 10.9. The van der Waals surface area contributed by atoms with Gasteiger partial charge in [-0.05, 0) is 73.7 Å². The van der Waals surface area contributed by atoms with E-state index in [2.05, 4.69) is 10.6 Å². The van der Waals surface area contributed by atoms with E-state index in [1.807, 2.05) is 0 Å². The molecule has 4 aromatic rings. The molecular weight excluding hydrogens is 742 g/mol. The second-order valence-electron chi connectivity index (χ2n) is 14.0. The molecule has 4 amide bonds. The van der Waals surface area contributed by atoms with Crippen LogP contribution < -0.4 is 26.7 Å². The van der Waals surface area contributed by atoms with Crippen molar-refractivity contribution in [3.05, 3.63) is 105 Å². The zero-order valence-corrected chi connectivity index (χ0v) is 31.8. The van der Waals surface area contributed by atoms with E-state index in [4.69, 9.17) is 10.5 Å². The van der Waals surface area contributed by atoms with Crippen molar-refractivity contribution in [3.8, 4) is 0 Å². The van der Waals surface area contributed by atoms with Crippen molar-refractivity contribution < 1.29 is 42.6 Å². The van der Waals surface area contributed by atoms with Crippen molar-refractivity contribution in [2.75, 3.05) is 42.9 Å². The smallest absolute Gasteiger partial charge is 0.410 e. The summed E-state index contributed by atoms with van der Waals surface area (Å²) >= 11 is 0. The highest BCUT2D eigenvalue weighted by Crippen LogP contribution is 2.27. The number of primary amides is 1. The van der Waals surface area contributed by atoms with Gasteiger partial charge in [-0.1, -0.05) is 31.2 Å². The molecule has 1 fully saturated rings. The Bertz CT molecular complexity index is 2190. The summed E-state index contributed by atoms with van der Waals surface area (Å²) in [6.07, 6.45) is 1.69. The first-order valence-corrected chi connectivity index (χ1v) is 18.7. The van der Waals surface area contributed by atoms with E-state index in [0.717, 1.165) is 6.07 Å². The number of halogens is 2. The maximum Gasteiger partial charge on any atom is 0.410 e. The number of hydrogen-bond donors (Lipinski definition) is 4. The zero-order valence-electron chi connectivity index (χ0n) is 31.8. The summed E-state index contributed by atoms with van der Waals surface area (Å²) < 4.78 is 36.1. The van der Waals surface area contributed by atoms with Crippen LogP contribution in [0.25, 0.3) is 10.9 Å². The van der Waals surface area contributed by atoms with Gasteiger partial charge in [0.2, 0.25) is 11.3 Å². The van der Waals surface area contributed by atoms with E-state index < -0.39 is 52.6 Å². The molecule has 16 heteroatoms. The number of amides is 4. The Hall–Kier alpha value is -6.32. The Kier molecular flexibility index (Phi) is 14.0. The molecule has 0 bridgehead atoms. The van der Waals surface area contributed by atoms with Crippen LogP contribution in [0, 0.1) is 23.5 Å². The van der Waals surface area contributed by atoms with Crippen molar-refractivity contribution in [3.63, 3.8) is 0 Å². The lowest BCUT2D eigenvalue weighted by molar-refractivity contribution is -0.128. The number of pyridine rings is 1. The number of benzene rings is 3. The molecule has 0 unspecified atom stereocenters. The molecule has 1 aliphatic rings. The Morgan fingerprint density at radius 3 is 2.33 bits per heavy atom. The third-order valence-electron chi connectivity index (χ3n) is 10.0. The second-order valence-corrected chi connectivity index (χ2v) is 14.0. The number of nitrogens with one attached hydrogen (secondary N) is 2. The number of piperazine rings is 1. The molecule has 1 aromatic heterocycles. The molecule has 0 saturated carbocycles. The number of ketones is 1. The number of carboxylic acids is 1. The minimum atomic E-state index is -1.39. The number of anilines is 2. The van der Waals surface area contributed by atoms with Crippen LogP contribution >= 0.6 is 0 Å². The summed E-state index contributed by atoms with van der Waals surface area (Å²) in [7, 11) is 0. The molecule has 5 rings (SSSR count). The van der Waals surface area contributed by atoms with Gasteiger partial charge < -0.3 is 40.6 Å². The van der Waals surface area contributed by atoms with Crippen LogP contribution in [0.2, 0.25) is 0 Å². The fourth-order valence-corrected chi connectivity index (χ4v) is 6.81. The summed E-state index contributed by atoms with van der Waals surface area (Å²) in [5, 5.41) is 14.7. The van der Waals surface area contributed by atoms with E-state index in [-0.39, 0.29) is 68.5 Å². The van der Waals surface area contributed by atoms with Crippen LogP contribution in [0.15, 0.2) is 71.7 Å². The minimum absolute atomic E-state index is 0.0249. The van der Waals surface area contributed by atoms with Crippen LogP contribution in [0.4, 0.5) is 29.7 Å². The van der Waals surface area contributed by atoms with Gasteiger partial charge >= 0.3 is 18.1 Å². The Morgan fingerprint density at radius 2 is 1.68 bits per heavy atom. The predicted molar refractivity (Wildman–Crippen MR) is 209 cm³/mol. The maximum absolute atomic E-state index is 15.3. The van der Waals surface area contributed by atoms with Gasteiger partial charge in [-0.25, -0.2) is 23.2 Å². The Morgan fingerprint density at radius 1 is 0.965 bits per heavy atom. The molecule has 3 aromatic carbocycles. The van der Waals surface area contributed by atoms with E-state index >= 15 is 4.39 Å². The molecule has 0 aliphatic carbocycles. The summed E-state index contributed by atoms with van der Waals surface area (Å²) in [5.41, 5.74) is 6.40. The molecule has 1 aliphatic heterocycles. The lowest BCUT2D eigenvalue weighted by Gasteiger charge is -2.35. The number of carbonyl (C=O) groups is 5. The molecule has 57 heavy (non-hydrogen) atoms. The van der Waals surface area contributed by atoms with Crippen molar-refractivity contribution in [1.82, 2.24) is 14.8 Å². The van der Waals surface area contributed by atoms with Gasteiger partial charge in [0, 0.05) is 74.8 Å². The normalized spacial score (nSPS) is 13.8. The number of ether oxygens (including phenoxy) is 1. The number of aromatic carboxylic acids is 1. The average Bonchev–Trinajstić information content (AvgIpc) is 3.18. The van der Waals surface area contributed by atoms with Crippen LogP contribution in [0.3, 0.4) is 0 Å². The van der Waals surface area contributed by atoms with Crippen LogP contribution in [0.5, 0.6) is 0 Å². The highest BCUT2D eigenvalue weighted by Gasteiger charge is 2.27. The van der Waals surface area contributed by atoms with Gasteiger partial charge in [0.05, 0.1) is 11.2 Å². The van der Waals surface area contributed by atoms with Crippen LogP contribution in [-0.4, -0.2) is 77.1 Å². The number of nitrogens with two attached hydrogens (primary N) is 1. The maximum atomic E-state index is 15.3. The largest absolute Gasteiger partial charge is 0.477 e. The van der Waals surface area contributed by atoms with Crippen molar-refractivity contribution >= 4 is 52.1 Å². The first-order chi connectivity index (χ1) is 27.2. The number of urea groups is 1. The highest BCUT2D eigenvalue weighted by atomic mass is 19.1. The number of aromatic nitrogens is 1. The van der Waals surface area contributed by atoms with Gasteiger partial charge in [-0.2, -0.15) is 0 Å². The molecule has 302 valence electrons. The van der Waals surface area contributed by atoms with Crippen molar-refractivity contribution in [2.24, 2.45) is 17.6 Å². The molecule has 2 heterocycles. The second kappa shape index (κ2) is 19.0. The van der Waals surface area contributed by atoms with Gasteiger partial charge in [-0.3, -0.25) is 14.4 Å². The summed E-state index contributed by atoms with van der Waals surface area (Å²) in [6.45, 7) is 5.14. The SMILES string of the molecule is CCn1cc(C(=O)O)c(=O)c2cc(F)c(N3CCN(C(=O)OCc4ccc(NC(=O)[C@H](CCCNC(N)=O)CC(=O)[C@@H](C)Cc5cccc(F)c5)cc4)CC3)cc21. The first-order valence-electron chi connectivity index (χ1n) is 18.7. The number of rotatable bonds is 16. The fraction of sp³-hybridized carbons (Fsp3) is 0.366. The van der Waals surface area contributed by atoms with Gasteiger partial charge in [-0.15, -0.1) is 0 Å². The average molecular weight is 789 g/mol. The topological polar surface area (TPSA) is 193 Å². The molecule has 0 spiro atoms. The summed E-state index contributed by atoms with van der Waals surface area (Å²) in [5.74, 6) is -4.14. The van der Waals surface area contributed by atoms with Crippen molar-refractivity contribution in [2.45, 2.75) is 52.7 Å². The van der Waals surface area contributed by atoms with E-state index in [9.17, 15) is 38.3 Å². The highest BCUT2D eigenvalue weighted by molar-refractivity contribution is 5.96. The summed E-state index contributed by atoms with van der Waals surface area (Å²) in [4.78, 5) is 78.2. The Labute approximate surface area is 327 Å². The number of aryl methyl sites for hydroxylation is 1. The standard InChI is InChI=1S/C41H46F2N6O8/c1-3-47-23-32(39(53)54)37(51)31-21-33(43)35(22-34(31)47)48-14-16-49(17-15-48)41(56)57-24-26-9-11-30(12-10-26)46-38(52)28(7-5-13-45-40(44)55)20-36(50)25(2)18-27-6-4-8-29(42)19-27/h4,6,8-12,19,21-23,25,28H,3,5,7,13-18,20,24H2,1-2H3,(H,46,52)(H,53,54)(H3,44,45,55)/t25-,28+/m0/s1. The number of hydrogen-bond acceptors (Lipinski definition) is 8. The number of nitrogens with zero attached hydrogens (tertiary/aromatic N) is 3. The van der Waals surface area contributed by atoms with Crippen molar-refractivity contribution in [1.29, 1.82) is 0 Å². The number of Topliss-reactive ketones (excluding diaryl/α,β-unsaturated/α-hetero) is 1. The fourth-order valence-electron chi connectivity index (χ4n) is 6.81. The zero-order chi connectivity index (χ0) is 41.2. The number of carbonyl (C=O) groups excluding carboxylic acids is 4. The number of carboxylic acid groups (broad SMARTS) is 1. The molecule has 1 saturated heterocycles. The van der Waals surface area contributed by atoms with Gasteiger partial charge in [0.25, 0.3) is 0 Å². The molecule has 5 N–H and O–H groups in total. The van der Waals surface area contributed by atoms with Gasteiger partial charge in [0.1, 0.15) is 29.6 Å². The van der Waals surface area contributed by atoms with E-state index in [1.54, 1.807) is 59.7 Å². The monoisotopic (exact) mass is 788 g/mol. The predicted octanol–water partition coefficient (Wildman–Crippen LogP) is 5.30. The van der Waals surface area contributed by atoms with Crippen LogP contribution in [-0.2, 0) is 33.9 Å². The molecular formula is C41H46F2N6O8. The van der Waals surface area contributed by atoms with E-state index in [1.165, 1.54) is 29.3 Å². The number of fused-ring (bicyclic) bond motifs is 1. The molecule has 2 atom stereocenters. The van der Waals surface area contributed by atoms with Crippen LogP contribution in [0.1, 0.15) is 54.6 Å². The lowest BCUT2D eigenvalue weighted by atomic mass is 9.88. The molecule has 14 nitrogen and oxygen atoms in total. The quantitative estimate of drug-likeness (QED) is 0.109. The summed E-state index contributed by atoms with van der Waals surface area (Å²) in [6, 6.07) is 14.6. The first kappa shape index (κ1) is 41.8.